The Balaban J connectivity index is 2.23. The molecule has 2 nitrogen and oxygen atoms in total. The van der Waals surface area contributed by atoms with E-state index in [1.165, 1.54) is 6.42 Å². The number of nitrogens with one attached hydrogen (secondary N) is 1. The third kappa shape index (κ3) is 3.21. The summed E-state index contributed by atoms with van der Waals surface area (Å²) in [6.07, 6.45) is 1.23. The van der Waals surface area contributed by atoms with Crippen molar-refractivity contribution in [3.8, 4) is 0 Å². The summed E-state index contributed by atoms with van der Waals surface area (Å²) in [5, 5.41) is 3.52. The summed E-state index contributed by atoms with van der Waals surface area (Å²) in [5.41, 5.74) is 0. The molecule has 0 aromatic heterocycles. The zero-order valence-electron chi connectivity index (χ0n) is 7.76. The minimum atomic E-state index is 0.535. The van der Waals surface area contributed by atoms with Gasteiger partial charge in [0.2, 0.25) is 0 Å². The monoisotopic (exact) mass is 157 g/mol. The van der Waals surface area contributed by atoms with Gasteiger partial charge in [-0.25, -0.2) is 0 Å². The number of morpholine rings is 1. The van der Waals surface area contributed by atoms with Gasteiger partial charge in [0.05, 0.1) is 13.2 Å². The summed E-state index contributed by atoms with van der Waals surface area (Å²) in [5.74, 6) is 0.765. The quantitative estimate of drug-likeness (QED) is 0.654. The SMILES string of the molecule is CC(C)CC1COCC(C)N1. The molecule has 1 aliphatic rings. The van der Waals surface area contributed by atoms with Crippen LogP contribution in [0.2, 0.25) is 0 Å². The second kappa shape index (κ2) is 4.07. The van der Waals surface area contributed by atoms with Crippen molar-refractivity contribution in [3.05, 3.63) is 0 Å². The Labute approximate surface area is 69.3 Å². The second-order valence-electron chi connectivity index (χ2n) is 3.93. The maximum atomic E-state index is 5.43. The Kier molecular flexibility index (Phi) is 3.34. The molecule has 66 valence electrons. The number of hydrogen-bond donors (Lipinski definition) is 1. The van der Waals surface area contributed by atoms with Crippen LogP contribution in [-0.4, -0.2) is 25.3 Å². The molecule has 0 aliphatic carbocycles. The van der Waals surface area contributed by atoms with E-state index in [0.29, 0.717) is 12.1 Å². The molecule has 2 heteroatoms. The molecule has 0 saturated carbocycles. The fraction of sp³-hybridized carbons (Fsp3) is 1.00. The van der Waals surface area contributed by atoms with Crippen LogP contribution in [0.3, 0.4) is 0 Å². The van der Waals surface area contributed by atoms with Gasteiger partial charge >= 0.3 is 0 Å². The summed E-state index contributed by atoms with van der Waals surface area (Å²) in [6.45, 7) is 8.44. The lowest BCUT2D eigenvalue weighted by Gasteiger charge is -2.29. The highest BCUT2D eigenvalue weighted by molar-refractivity contribution is 4.76. The van der Waals surface area contributed by atoms with Crippen LogP contribution < -0.4 is 5.32 Å². The molecule has 0 spiro atoms. The summed E-state index contributed by atoms with van der Waals surface area (Å²) in [6, 6.07) is 1.12. The van der Waals surface area contributed by atoms with Crippen molar-refractivity contribution >= 4 is 0 Å². The number of ether oxygens (including phenoxy) is 1. The maximum absolute atomic E-state index is 5.43. The normalized spacial score (nSPS) is 32.7. The molecule has 11 heavy (non-hydrogen) atoms. The first-order chi connectivity index (χ1) is 5.18. The van der Waals surface area contributed by atoms with Crippen LogP contribution >= 0.6 is 0 Å². The van der Waals surface area contributed by atoms with Gasteiger partial charge in [0.1, 0.15) is 0 Å². The summed E-state index contributed by atoms with van der Waals surface area (Å²) in [4.78, 5) is 0. The van der Waals surface area contributed by atoms with Crippen molar-refractivity contribution in [1.29, 1.82) is 0 Å². The molecule has 1 saturated heterocycles. The molecular weight excluding hydrogens is 138 g/mol. The van der Waals surface area contributed by atoms with Crippen LogP contribution in [0.4, 0.5) is 0 Å². The van der Waals surface area contributed by atoms with Gasteiger partial charge in [0, 0.05) is 12.1 Å². The highest BCUT2D eigenvalue weighted by atomic mass is 16.5. The smallest absolute Gasteiger partial charge is 0.0620 e. The summed E-state index contributed by atoms with van der Waals surface area (Å²) in [7, 11) is 0. The van der Waals surface area contributed by atoms with Gasteiger partial charge in [-0.3, -0.25) is 0 Å². The van der Waals surface area contributed by atoms with Crippen LogP contribution in [0.25, 0.3) is 0 Å². The average molecular weight is 157 g/mol. The van der Waals surface area contributed by atoms with Gasteiger partial charge in [-0.15, -0.1) is 0 Å². The van der Waals surface area contributed by atoms with Crippen molar-refractivity contribution in [2.75, 3.05) is 13.2 Å². The Hall–Kier alpha value is -0.0800. The molecule has 0 bridgehead atoms. The average Bonchev–Trinajstić information content (AvgIpc) is 1.85. The van der Waals surface area contributed by atoms with Gasteiger partial charge < -0.3 is 10.1 Å². The van der Waals surface area contributed by atoms with E-state index in [2.05, 4.69) is 26.1 Å². The third-order valence-electron chi connectivity index (χ3n) is 1.96. The van der Waals surface area contributed by atoms with E-state index < -0.39 is 0 Å². The number of rotatable bonds is 2. The first kappa shape index (κ1) is 9.01. The molecule has 0 radical (unpaired) electrons. The van der Waals surface area contributed by atoms with Crippen LogP contribution in [0, 0.1) is 5.92 Å². The number of hydrogen-bond acceptors (Lipinski definition) is 2. The van der Waals surface area contributed by atoms with E-state index in [4.69, 9.17) is 4.74 Å². The molecule has 1 N–H and O–H groups in total. The van der Waals surface area contributed by atoms with Gasteiger partial charge in [-0.1, -0.05) is 13.8 Å². The topological polar surface area (TPSA) is 21.3 Å². The minimum absolute atomic E-state index is 0.535. The predicted octanol–water partition coefficient (Wildman–Crippen LogP) is 1.41. The van der Waals surface area contributed by atoms with E-state index in [-0.39, 0.29) is 0 Å². The highest BCUT2D eigenvalue weighted by Gasteiger charge is 2.18. The lowest BCUT2D eigenvalue weighted by atomic mass is 10.0. The van der Waals surface area contributed by atoms with E-state index in [9.17, 15) is 0 Å². The zero-order valence-corrected chi connectivity index (χ0v) is 7.76. The van der Waals surface area contributed by atoms with Crippen molar-refractivity contribution in [1.82, 2.24) is 5.32 Å². The molecule has 0 aromatic rings. The second-order valence-corrected chi connectivity index (χ2v) is 3.93. The molecule has 2 atom stereocenters. The highest BCUT2D eigenvalue weighted by Crippen LogP contribution is 2.09. The van der Waals surface area contributed by atoms with Crippen LogP contribution in [0.1, 0.15) is 27.2 Å². The van der Waals surface area contributed by atoms with Crippen molar-refractivity contribution < 1.29 is 4.74 Å². The molecule has 0 amide bonds. The lowest BCUT2D eigenvalue weighted by Crippen LogP contribution is -2.47. The van der Waals surface area contributed by atoms with Crippen LogP contribution in [0.5, 0.6) is 0 Å². The molecule has 1 fully saturated rings. The Morgan fingerprint density at radius 1 is 1.45 bits per heavy atom. The van der Waals surface area contributed by atoms with Gasteiger partial charge in [-0.2, -0.15) is 0 Å². The molecule has 1 rings (SSSR count). The maximum Gasteiger partial charge on any atom is 0.0620 e. The summed E-state index contributed by atoms with van der Waals surface area (Å²) < 4.78 is 5.43. The lowest BCUT2D eigenvalue weighted by molar-refractivity contribution is 0.0446. The molecule has 0 aromatic carbocycles. The van der Waals surface area contributed by atoms with Crippen molar-refractivity contribution in [2.45, 2.75) is 39.3 Å². The largest absolute Gasteiger partial charge is 0.378 e. The Morgan fingerprint density at radius 2 is 2.18 bits per heavy atom. The van der Waals surface area contributed by atoms with Crippen LogP contribution in [-0.2, 0) is 4.74 Å². The van der Waals surface area contributed by atoms with Crippen molar-refractivity contribution in [3.63, 3.8) is 0 Å². The van der Waals surface area contributed by atoms with Gasteiger partial charge in [0.15, 0.2) is 0 Å². The molecular formula is C9H19NO. The zero-order chi connectivity index (χ0) is 8.27. The van der Waals surface area contributed by atoms with E-state index >= 15 is 0 Å². The van der Waals surface area contributed by atoms with Crippen molar-refractivity contribution in [2.24, 2.45) is 5.92 Å². The fourth-order valence-corrected chi connectivity index (χ4v) is 1.59. The molecule has 2 unspecified atom stereocenters. The standard InChI is InChI=1S/C9H19NO/c1-7(2)4-9-6-11-5-8(3)10-9/h7-10H,4-6H2,1-3H3. The van der Waals surface area contributed by atoms with Gasteiger partial charge in [-0.05, 0) is 19.3 Å². The van der Waals surface area contributed by atoms with Gasteiger partial charge in [0.25, 0.3) is 0 Å². The molecule has 1 heterocycles. The molecule has 1 aliphatic heterocycles. The summed E-state index contributed by atoms with van der Waals surface area (Å²) >= 11 is 0. The first-order valence-corrected chi connectivity index (χ1v) is 4.52. The Morgan fingerprint density at radius 3 is 2.73 bits per heavy atom. The minimum Gasteiger partial charge on any atom is -0.378 e. The third-order valence-corrected chi connectivity index (χ3v) is 1.96. The fourth-order valence-electron chi connectivity index (χ4n) is 1.59. The van der Waals surface area contributed by atoms with Crippen LogP contribution in [0.15, 0.2) is 0 Å². The predicted molar refractivity (Wildman–Crippen MR) is 46.7 cm³/mol. The van der Waals surface area contributed by atoms with E-state index in [1.54, 1.807) is 0 Å². The first-order valence-electron chi connectivity index (χ1n) is 4.52. The Bertz CT molecular complexity index is 112. The van der Waals surface area contributed by atoms with E-state index in [0.717, 1.165) is 19.1 Å². The van der Waals surface area contributed by atoms with E-state index in [1.807, 2.05) is 0 Å².